The Morgan fingerprint density at radius 3 is 2.70 bits per heavy atom. The van der Waals surface area contributed by atoms with Crippen LogP contribution in [0.5, 0.6) is 0 Å². The van der Waals surface area contributed by atoms with Gasteiger partial charge < -0.3 is 20.1 Å². The Hall–Kier alpha value is -1.14. The number of aliphatic hydroxyl groups excluding tert-OH is 1. The summed E-state index contributed by atoms with van der Waals surface area (Å²) in [5.41, 5.74) is 0.104. The van der Waals surface area contributed by atoms with E-state index in [1.807, 2.05) is 0 Å². The third-order valence-corrected chi connectivity index (χ3v) is 5.27. The van der Waals surface area contributed by atoms with Gasteiger partial charge in [-0.3, -0.25) is 9.59 Å². The van der Waals surface area contributed by atoms with E-state index in [0.717, 1.165) is 38.5 Å². The normalized spacial score (nSPS) is 32.5. The van der Waals surface area contributed by atoms with Crippen LogP contribution >= 0.6 is 0 Å². The van der Waals surface area contributed by atoms with Gasteiger partial charge in [-0.25, -0.2) is 0 Å². The predicted octanol–water partition coefficient (Wildman–Crippen LogP) is 1.07. The van der Waals surface area contributed by atoms with Gasteiger partial charge in [0.05, 0.1) is 12.6 Å². The van der Waals surface area contributed by atoms with E-state index in [2.05, 4.69) is 12.2 Å². The highest BCUT2D eigenvalue weighted by molar-refractivity contribution is 5.87. The molecule has 132 valence electrons. The molecule has 2 amide bonds. The molecule has 0 aromatic heterocycles. The highest BCUT2D eigenvalue weighted by Crippen LogP contribution is 2.36. The smallest absolute Gasteiger partial charge is 0.251 e. The number of amides is 2. The molecule has 2 aliphatic rings. The van der Waals surface area contributed by atoms with Crippen molar-refractivity contribution < 1.29 is 19.4 Å². The summed E-state index contributed by atoms with van der Waals surface area (Å²) in [4.78, 5) is 25.7. The molecule has 0 bridgehead atoms. The van der Waals surface area contributed by atoms with Gasteiger partial charge in [0.1, 0.15) is 6.10 Å². The maximum Gasteiger partial charge on any atom is 0.251 e. The van der Waals surface area contributed by atoms with Crippen molar-refractivity contribution in [3.63, 3.8) is 0 Å². The fourth-order valence-electron chi connectivity index (χ4n) is 3.48. The number of nitrogens with zero attached hydrogens (tertiary/aromatic N) is 1. The second-order valence-corrected chi connectivity index (χ2v) is 7.29. The topological polar surface area (TPSA) is 78.9 Å². The zero-order chi connectivity index (χ0) is 16.9. The van der Waals surface area contributed by atoms with Crippen molar-refractivity contribution >= 4 is 11.8 Å². The minimum Gasteiger partial charge on any atom is -0.383 e. The molecule has 0 radical (unpaired) electrons. The molecule has 2 fully saturated rings. The van der Waals surface area contributed by atoms with Crippen LogP contribution in [-0.4, -0.2) is 60.8 Å². The molecular weight excluding hydrogens is 296 g/mol. The third-order valence-electron chi connectivity index (χ3n) is 5.27. The quantitative estimate of drug-likeness (QED) is 0.792. The Morgan fingerprint density at radius 2 is 2.04 bits per heavy atom. The molecule has 1 unspecified atom stereocenters. The zero-order valence-electron chi connectivity index (χ0n) is 14.3. The van der Waals surface area contributed by atoms with Gasteiger partial charge in [-0.1, -0.05) is 6.92 Å². The van der Waals surface area contributed by atoms with E-state index >= 15 is 0 Å². The SMILES string of the molecule is COC1CCC(C)(CNC(=O)CN2CCCCC(O)C2=O)CC1. The van der Waals surface area contributed by atoms with Crippen LogP contribution in [0, 0.1) is 5.41 Å². The van der Waals surface area contributed by atoms with Crippen molar-refractivity contribution in [2.75, 3.05) is 26.7 Å². The second-order valence-electron chi connectivity index (χ2n) is 7.29. The molecule has 6 heteroatoms. The van der Waals surface area contributed by atoms with Crippen molar-refractivity contribution in [3.05, 3.63) is 0 Å². The number of hydrogen-bond acceptors (Lipinski definition) is 4. The maximum absolute atomic E-state index is 12.2. The Kier molecular flexibility index (Phi) is 6.41. The molecule has 1 aliphatic carbocycles. The molecule has 2 rings (SSSR count). The highest BCUT2D eigenvalue weighted by atomic mass is 16.5. The molecule has 0 spiro atoms. The van der Waals surface area contributed by atoms with Crippen LogP contribution in [0.15, 0.2) is 0 Å². The summed E-state index contributed by atoms with van der Waals surface area (Å²) in [5.74, 6) is -0.452. The summed E-state index contributed by atoms with van der Waals surface area (Å²) >= 11 is 0. The van der Waals surface area contributed by atoms with Crippen molar-refractivity contribution in [1.29, 1.82) is 0 Å². The van der Waals surface area contributed by atoms with Gasteiger partial charge in [0, 0.05) is 20.2 Å². The van der Waals surface area contributed by atoms with E-state index in [1.54, 1.807) is 7.11 Å². The van der Waals surface area contributed by atoms with Gasteiger partial charge in [0.2, 0.25) is 5.91 Å². The molecule has 1 atom stereocenters. The minimum atomic E-state index is -0.952. The Labute approximate surface area is 138 Å². The minimum absolute atomic E-state index is 0.0483. The first kappa shape index (κ1) is 18.2. The van der Waals surface area contributed by atoms with Crippen LogP contribution in [0.3, 0.4) is 0 Å². The highest BCUT2D eigenvalue weighted by Gasteiger charge is 2.32. The average Bonchev–Trinajstić information content (AvgIpc) is 2.70. The molecule has 1 heterocycles. The number of nitrogens with one attached hydrogen (secondary N) is 1. The van der Waals surface area contributed by atoms with Gasteiger partial charge in [-0.15, -0.1) is 0 Å². The van der Waals surface area contributed by atoms with Gasteiger partial charge >= 0.3 is 0 Å². The van der Waals surface area contributed by atoms with Crippen molar-refractivity contribution in [2.24, 2.45) is 5.41 Å². The second kappa shape index (κ2) is 8.11. The number of hydrogen-bond donors (Lipinski definition) is 2. The first-order chi connectivity index (χ1) is 10.9. The van der Waals surface area contributed by atoms with Crippen LogP contribution in [0.2, 0.25) is 0 Å². The lowest BCUT2D eigenvalue weighted by atomic mass is 9.74. The van der Waals surface area contributed by atoms with E-state index in [9.17, 15) is 14.7 Å². The number of methoxy groups -OCH3 is 1. The van der Waals surface area contributed by atoms with E-state index in [0.29, 0.717) is 25.6 Å². The Bertz CT molecular complexity index is 419. The molecule has 1 saturated heterocycles. The molecule has 1 saturated carbocycles. The number of rotatable bonds is 5. The Morgan fingerprint density at radius 1 is 1.35 bits per heavy atom. The average molecular weight is 326 g/mol. The van der Waals surface area contributed by atoms with E-state index in [1.165, 1.54) is 4.90 Å². The lowest BCUT2D eigenvalue weighted by Gasteiger charge is -2.37. The molecule has 23 heavy (non-hydrogen) atoms. The van der Waals surface area contributed by atoms with Crippen LogP contribution in [0.4, 0.5) is 0 Å². The first-order valence-electron chi connectivity index (χ1n) is 8.70. The lowest BCUT2D eigenvalue weighted by molar-refractivity contribution is -0.142. The molecule has 0 aromatic carbocycles. The number of carbonyl (C=O) groups excluding carboxylic acids is 2. The molecule has 0 aromatic rings. The van der Waals surface area contributed by atoms with E-state index in [4.69, 9.17) is 4.74 Å². The fourth-order valence-corrected chi connectivity index (χ4v) is 3.48. The van der Waals surface area contributed by atoms with Crippen LogP contribution in [-0.2, 0) is 14.3 Å². The first-order valence-corrected chi connectivity index (χ1v) is 8.70. The number of ether oxygens (including phenoxy) is 1. The third kappa shape index (κ3) is 5.18. The summed E-state index contributed by atoms with van der Waals surface area (Å²) in [6, 6.07) is 0. The van der Waals surface area contributed by atoms with Crippen molar-refractivity contribution in [1.82, 2.24) is 10.2 Å². The summed E-state index contributed by atoms with van der Waals surface area (Å²) < 4.78 is 5.39. The van der Waals surface area contributed by atoms with Crippen LogP contribution in [0.25, 0.3) is 0 Å². The summed E-state index contributed by atoms with van der Waals surface area (Å²) in [5, 5.41) is 12.7. The summed E-state index contributed by atoms with van der Waals surface area (Å²) in [7, 11) is 1.75. The van der Waals surface area contributed by atoms with E-state index in [-0.39, 0.29) is 23.8 Å². The summed E-state index contributed by atoms with van der Waals surface area (Å²) in [6.45, 7) is 3.43. The fraction of sp³-hybridized carbons (Fsp3) is 0.882. The standard InChI is InChI=1S/C17H30N2O4/c1-17(8-6-13(23-2)7-9-17)12-18-15(21)11-19-10-4-3-5-14(20)16(19)22/h13-14,20H,3-12H2,1-2H3,(H,18,21). The number of likely N-dealkylation sites (tertiary alicyclic amines) is 1. The van der Waals surface area contributed by atoms with Gasteiger partial charge in [0.25, 0.3) is 5.91 Å². The lowest BCUT2D eigenvalue weighted by Crippen LogP contribution is -2.46. The predicted molar refractivity (Wildman–Crippen MR) is 86.8 cm³/mol. The van der Waals surface area contributed by atoms with Crippen molar-refractivity contribution in [2.45, 2.75) is 64.1 Å². The van der Waals surface area contributed by atoms with Crippen molar-refractivity contribution in [3.8, 4) is 0 Å². The van der Waals surface area contributed by atoms with Gasteiger partial charge in [0.15, 0.2) is 0 Å². The molecule has 1 aliphatic heterocycles. The molecule has 2 N–H and O–H groups in total. The zero-order valence-corrected chi connectivity index (χ0v) is 14.3. The monoisotopic (exact) mass is 326 g/mol. The van der Waals surface area contributed by atoms with Gasteiger partial charge in [-0.2, -0.15) is 0 Å². The largest absolute Gasteiger partial charge is 0.383 e. The maximum atomic E-state index is 12.2. The van der Waals surface area contributed by atoms with Crippen LogP contribution in [0.1, 0.15) is 51.9 Å². The Balaban J connectivity index is 1.77. The van der Waals surface area contributed by atoms with Gasteiger partial charge in [-0.05, 0) is 50.4 Å². The summed E-state index contributed by atoms with van der Waals surface area (Å²) in [6.07, 6.45) is 5.67. The van der Waals surface area contributed by atoms with E-state index < -0.39 is 6.10 Å². The molecule has 6 nitrogen and oxygen atoms in total. The molecular formula is C17H30N2O4. The van der Waals surface area contributed by atoms with Crippen LogP contribution < -0.4 is 5.32 Å². The number of aliphatic hydroxyl groups is 1. The number of carbonyl (C=O) groups is 2.